The summed E-state index contributed by atoms with van der Waals surface area (Å²) in [5, 5.41) is 3.29. The summed E-state index contributed by atoms with van der Waals surface area (Å²) < 4.78 is 0. The van der Waals surface area contributed by atoms with E-state index in [-0.39, 0.29) is 17.5 Å². The molecule has 4 N–H and O–H groups in total. The first-order chi connectivity index (χ1) is 7.59. The summed E-state index contributed by atoms with van der Waals surface area (Å²) in [4.78, 5) is 19.0. The zero-order valence-corrected chi connectivity index (χ0v) is 9.71. The van der Waals surface area contributed by atoms with Crippen LogP contribution in [-0.2, 0) is 0 Å². The van der Waals surface area contributed by atoms with Gasteiger partial charge in [-0.1, -0.05) is 13.8 Å². The molecule has 1 aromatic rings. The lowest BCUT2D eigenvalue weighted by Crippen LogP contribution is -2.25. The summed E-state index contributed by atoms with van der Waals surface area (Å²) in [5.41, 5.74) is 6.31. The Morgan fingerprint density at radius 2 is 2.25 bits per heavy atom. The van der Waals surface area contributed by atoms with Gasteiger partial charge in [0, 0.05) is 0 Å². The van der Waals surface area contributed by atoms with Gasteiger partial charge in [-0.05, 0) is 25.3 Å². The van der Waals surface area contributed by atoms with Gasteiger partial charge in [0.15, 0.2) is 0 Å². The molecular weight excluding hydrogens is 204 g/mol. The molecule has 0 saturated carbocycles. The molecule has 5 heteroatoms. The number of nitrogen functional groups attached to an aromatic ring is 1. The Kier molecular flexibility index (Phi) is 2.96. The summed E-state index contributed by atoms with van der Waals surface area (Å²) in [7, 11) is 0. The van der Waals surface area contributed by atoms with Crippen LogP contribution in [0.5, 0.6) is 0 Å². The summed E-state index contributed by atoms with van der Waals surface area (Å²) in [6.45, 7) is 4.85. The van der Waals surface area contributed by atoms with Crippen molar-refractivity contribution in [2.45, 2.75) is 38.6 Å². The maximum Gasteiger partial charge on any atom is 0.256 e. The molecule has 5 nitrogen and oxygen atoms in total. The second-order valence-electron chi connectivity index (χ2n) is 4.55. The molecule has 1 saturated heterocycles. The van der Waals surface area contributed by atoms with Crippen molar-refractivity contribution in [3.63, 3.8) is 0 Å². The van der Waals surface area contributed by atoms with Gasteiger partial charge in [0.1, 0.15) is 11.6 Å². The number of aromatic nitrogens is 2. The number of nitrogens with two attached hydrogens (primary N) is 1. The van der Waals surface area contributed by atoms with Crippen LogP contribution in [0.25, 0.3) is 0 Å². The topological polar surface area (TPSA) is 83.8 Å². The van der Waals surface area contributed by atoms with E-state index in [9.17, 15) is 4.79 Å². The summed E-state index contributed by atoms with van der Waals surface area (Å²) >= 11 is 0. The number of aromatic amines is 1. The van der Waals surface area contributed by atoms with Gasteiger partial charge >= 0.3 is 0 Å². The molecule has 16 heavy (non-hydrogen) atoms. The highest BCUT2D eigenvalue weighted by atomic mass is 16.1. The number of H-pyrrole nitrogens is 1. The van der Waals surface area contributed by atoms with Crippen LogP contribution in [0.4, 0.5) is 5.82 Å². The molecule has 1 aromatic heterocycles. The molecule has 2 heterocycles. The highest BCUT2D eigenvalue weighted by Crippen LogP contribution is 2.21. The van der Waals surface area contributed by atoms with Crippen molar-refractivity contribution >= 4 is 5.82 Å². The SMILES string of the molecule is CC(C)c1c(N)nc(C2CCCN2)[nH]c1=O. The zero-order chi connectivity index (χ0) is 11.7. The predicted molar refractivity (Wildman–Crippen MR) is 63.3 cm³/mol. The van der Waals surface area contributed by atoms with Crippen LogP contribution in [0.3, 0.4) is 0 Å². The van der Waals surface area contributed by atoms with Gasteiger partial charge in [-0.25, -0.2) is 4.98 Å². The number of hydrogen-bond acceptors (Lipinski definition) is 4. The van der Waals surface area contributed by atoms with E-state index in [2.05, 4.69) is 15.3 Å². The molecule has 0 spiro atoms. The highest BCUT2D eigenvalue weighted by Gasteiger charge is 2.21. The number of nitrogens with one attached hydrogen (secondary N) is 2. The van der Waals surface area contributed by atoms with Crippen molar-refractivity contribution < 1.29 is 0 Å². The average molecular weight is 222 g/mol. The summed E-state index contributed by atoms with van der Waals surface area (Å²) in [6.07, 6.45) is 2.11. The Morgan fingerprint density at radius 3 is 2.75 bits per heavy atom. The van der Waals surface area contributed by atoms with Crippen molar-refractivity contribution in [3.8, 4) is 0 Å². The zero-order valence-electron chi connectivity index (χ0n) is 9.71. The largest absolute Gasteiger partial charge is 0.383 e. The van der Waals surface area contributed by atoms with Gasteiger partial charge in [-0.15, -0.1) is 0 Å². The third kappa shape index (κ3) is 1.95. The Morgan fingerprint density at radius 1 is 1.50 bits per heavy atom. The van der Waals surface area contributed by atoms with E-state index in [0.717, 1.165) is 19.4 Å². The van der Waals surface area contributed by atoms with E-state index in [0.29, 0.717) is 17.2 Å². The minimum absolute atomic E-state index is 0.0989. The summed E-state index contributed by atoms with van der Waals surface area (Å²) in [5.74, 6) is 1.13. The monoisotopic (exact) mass is 222 g/mol. The van der Waals surface area contributed by atoms with Crippen LogP contribution in [-0.4, -0.2) is 16.5 Å². The van der Waals surface area contributed by atoms with Crippen molar-refractivity contribution in [3.05, 3.63) is 21.7 Å². The highest BCUT2D eigenvalue weighted by molar-refractivity contribution is 5.40. The van der Waals surface area contributed by atoms with E-state index in [1.807, 2.05) is 13.8 Å². The lowest BCUT2D eigenvalue weighted by Gasteiger charge is -2.13. The molecule has 0 aromatic carbocycles. The van der Waals surface area contributed by atoms with Crippen LogP contribution in [0.1, 0.15) is 50.0 Å². The van der Waals surface area contributed by atoms with Gasteiger partial charge in [0.05, 0.1) is 11.6 Å². The van der Waals surface area contributed by atoms with E-state index < -0.39 is 0 Å². The minimum atomic E-state index is -0.105. The fourth-order valence-corrected chi connectivity index (χ4v) is 2.16. The van der Waals surface area contributed by atoms with Crippen molar-refractivity contribution in [2.24, 2.45) is 0 Å². The Hall–Kier alpha value is -1.36. The van der Waals surface area contributed by atoms with E-state index in [1.54, 1.807) is 0 Å². The maximum absolute atomic E-state index is 11.9. The van der Waals surface area contributed by atoms with Gasteiger partial charge in [0.2, 0.25) is 0 Å². The first-order valence-electron chi connectivity index (χ1n) is 5.72. The smallest absolute Gasteiger partial charge is 0.256 e. The third-order valence-corrected chi connectivity index (χ3v) is 2.97. The molecule has 1 unspecified atom stereocenters. The molecule has 2 rings (SSSR count). The van der Waals surface area contributed by atoms with Crippen LogP contribution in [0, 0.1) is 0 Å². The minimum Gasteiger partial charge on any atom is -0.383 e. The molecule has 0 radical (unpaired) electrons. The number of nitrogens with zero attached hydrogens (tertiary/aromatic N) is 1. The Bertz CT molecular complexity index is 432. The van der Waals surface area contributed by atoms with E-state index in [4.69, 9.17) is 5.73 Å². The van der Waals surface area contributed by atoms with Gasteiger partial charge in [-0.3, -0.25) is 4.79 Å². The molecular formula is C11H18N4O. The van der Waals surface area contributed by atoms with Crippen molar-refractivity contribution in [2.75, 3.05) is 12.3 Å². The lowest BCUT2D eigenvalue weighted by atomic mass is 10.1. The Balaban J connectivity index is 2.40. The molecule has 1 aliphatic heterocycles. The van der Waals surface area contributed by atoms with Gasteiger partial charge < -0.3 is 16.0 Å². The molecule has 1 fully saturated rings. The second kappa shape index (κ2) is 4.25. The van der Waals surface area contributed by atoms with Gasteiger partial charge in [-0.2, -0.15) is 0 Å². The standard InChI is InChI=1S/C11H18N4O/c1-6(2)8-9(12)14-10(15-11(8)16)7-4-3-5-13-7/h6-7,13H,3-5H2,1-2H3,(H3,12,14,15,16). The molecule has 88 valence electrons. The fourth-order valence-electron chi connectivity index (χ4n) is 2.16. The first-order valence-corrected chi connectivity index (χ1v) is 5.72. The predicted octanol–water partition coefficient (Wildman–Crippen LogP) is 0.900. The third-order valence-electron chi connectivity index (χ3n) is 2.97. The summed E-state index contributed by atoms with van der Waals surface area (Å²) in [6, 6.07) is 0.149. The van der Waals surface area contributed by atoms with E-state index >= 15 is 0 Å². The number of anilines is 1. The van der Waals surface area contributed by atoms with Crippen LogP contribution >= 0.6 is 0 Å². The molecule has 1 aliphatic rings. The molecule has 0 aliphatic carbocycles. The lowest BCUT2D eigenvalue weighted by molar-refractivity contribution is 0.600. The van der Waals surface area contributed by atoms with Crippen LogP contribution in [0.15, 0.2) is 4.79 Å². The fraction of sp³-hybridized carbons (Fsp3) is 0.636. The maximum atomic E-state index is 11.9. The first kappa shape index (κ1) is 11.1. The van der Waals surface area contributed by atoms with Crippen LogP contribution < -0.4 is 16.6 Å². The van der Waals surface area contributed by atoms with Gasteiger partial charge in [0.25, 0.3) is 5.56 Å². The van der Waals surface area contributed by atoms with Crippen molar-refractivity contribution in [1.82, 2.24) is 15.3 Å². The normalized spacial score (nSPS) is 20.6. The second-order valence-corrected chi connectivity index (χ2v) is 4.55. The molecule has 0 bridgehead atoms. The molecule has 0 amide bonds. The quantitative estimate of drug-likeness (QED) is 0.694. The molecule has 1 atom stereocenters. The van der Waals surface area contributed by atoms with E-state index in [1.165, 1.54) is 0 Å². The number of hydrogen-bond donors (Lipinski definition) is 3. The van der Waals surface area contributed by atoms with Crippen LogP contribution in [0.2, 0.25) is 0 Å². The van der Waals surface area contributed by atoms with Crippen molar-refractivity contribution in [1.29, 1.82) is 0 Å². The average Bonchev–Trinajstić information content (AvgIpc) is 2.67. The Labute approximate surface area is 94.5 Å². The number of rotatable bonds is 2.